The average Bonchev–Trinajstić information content (AvgIpc) is 2.88. The number of nitrogens with zero attached hydrogens (tertiary/aromatic N) is 2. The molecule has 3 aromatic rings. The Morgan fingerprint density at radius 2 is 1.63 bits per heavy atom. The van der Waals surface area contributed by atoms with Crippen LogP contribution in [0.15, 0.2) is 77.3 Å². The molecule has 2 aliphatic rings. The van der Waals surface area contributed by atoms with Crippen molar-refractivity contribution in [2.45, 2.75) is 45.4 Å². The van der Waals surface area contributed by atoms with Crippen LogP contribution in [0.3, 0.4) is 0 Å². The van der Waals surface area contributed by atoms with Gasteiger partial charge in [-0.2, -0.15) is 0 Å². The number of likely N-dealkylation sites (tertiary alicyclic amines) is 1. The molecule has 4 nitrogen and oxygen atoms in total. The van der Waals surface area contributed by atoms with Crippen molar-refractivity contribution in [2.75, 3.05) is 19.6 Å². The van der Waals surface area contributed by atoms with Crippen molar-refractivity contribution < 1.29 is 4.79 Å². The lowest BCUT2D eigenvalue weighted by atomic mass is 9.96. The number of rotatable bonds is 7. The zero-order valence-corrected chi connectivity index (χ0v) is 21.8. The normalized spacial score (nSPS) is 18.7. The summed E-state index contributed by atoms with van der Waals surface area (Å²) in [5.74, 6) is 0.247. The molecule has 2 aliphatic heterocycles. The zero-order chi connectivity index (χ0) is 24.0. The summed E-state index contributed by atoms with van der Waals surface area (Å²) in [6.07, 6.45) is 3.17. The van der Waals surface area contributed by atoms with E-state index in [2.05, 4.69) is 104 Å². The third-order valence-electron chi connectivity index (χ3n) is 7.28. The predicted octanol–water partition coefficient (Wildman–Crippen LogP) is 5.54. The van der Waals surface area contributed by atoms with Gasteiger partial charge in [0.25, 0.3) is 0 Å². The number of carbonyl (C=O) groups excluding carboxylic acids is 1. The van der Waals surface area contributed by atoms with E-state index in [1.807, 2.05) is 0 Å². The molecule has 1 fully saturated rings. The predicted molar refractivity (Wildman–Crippen MR) is 145 cm³/mol. The molecule has 2 heterocycles. The molecule has 0 aliphatic carbocycles. The van der Waals surface area contributed by atoms with Crippen molar-refractivity contribution in [1.82, 2.24) is 15.1 Å². The number of halogens is 1. The SMILES string of the molecule is O=C(NCc1ccc(CN2CCc3ccccc3C2)cc1)C1CCCN(Cc2cccc(Br)c2)C1. The fourth-order valence-corrected chi connectivity index (χ4v) is 5.80. The summed E-state index contributed by atoms with van der Waals surface area (Å²) in [6.45, 7) is 6.47. The summed E-state index contributed by atoms with van der Waals surface area (Å²) in [6, 6.07) is 26.0. The number of hydrogen-bond donors (Lipinski definition) is 1. The molecular weight excluding hydrogens is 498 g/mol. The summed E-state index contributed by atoms with van der Waals surface area (Å²) in [5.41, 5.74) is 6.72. The first-order valence-electron chi connectivity index (χ1n) is 12.7. The van der Waals surface area contributed by atoms with E-state index in [0.29, 0.717) is 6.54 Å². The van der Waals surface area contributed by atoms with Gasteiger partial charge < -0.3 is 5.32 Å². The third kappa shape index (κ3) is 6.60. The van der Waals surface area contributed by atoms with Gasteiger partial charge in [0.1, 0.15) is 0 Å². The molecule has 0 spiro atoms. The summed E-state index contributed by atoms with van der Waals surface area (Å²) in [4.78, 5) is 17.8. The highest BCUT2D eigenvalue weighted by Crippen LogP contribution is 2.22. The van der Waals surface area contributed by atoms with Crippen LogP contribution in [0.2, 0.25) is 0 Å². The zero-order valence-electron chi connectivity index (χ0n) is 20.3. The van der Waals surface area contributed by atoms with Crippen LogP contribution >= 0.6 is 15.9 Å². The molecule has 182 valence electrons. The quantitative estimate of drug-likeness (QED) is 0.435. The summed E-state index contributed by atoms with van der Waals surface area (Å²) >= 11 is 3.55. The van der Waals surface area contributed by atoms with Crippen LogP contribution in [-0.2, 0) is 37.4 Å². The molecule has 1 N–H and O–H groups in total. The Labute approximate surface area is 217 Å². The first-order valence-corrected chi connectivity index (χ1v) is 13.5. The summed E-state index contributed by atoms with van der Waals surface area (Å²) < 4.78 is 1.11. The number of fused-ring (bicyclic) bond motifs is 1. The Hall–Kier alpha value is -2.47. The van der Waals surface area contributed by atoms with Gasteiger partial charge in [-0.15, -0.1) is 0 Å². The second-order valence-electron chi connectivity index (χ2n) is 9.97. The number of carbonyl (C=O) groups is 1. The van der Waals surface area contributed by atoms with Gasteiger partial charge in [0, 0.05) is 43.7 Å². The van der Waals surface area contributed by atoms with E-state index in [-0.39, 0.29) is 11.8 Å². The molecule has 0 bridgehead atoms. The maximum absolute atomic E-state index is 12.9. The maximum atomic E-state index is 12.9. The van der Waals surface area contributed by atoms with Crippen molar-refractivity contribution in [1.29, 1.82) is 0 Å². The molecule has 5 heteroatoms. The lowest BCUT2D eigenvalue weighted by Gasteiger charge is -2.32. The van der Waals surface area contributed by atoms with Crippen LogP contribution in [-0.4, -0.2) is 35.3 Å². The van der Waals surface area contributed by atoms with Crippen molar-refractivity contribution >= 4 is 21.8 Å². The van der Waals surface area contributed by atoms with Gasteiger partial charge in [-0.05, 0) is 65.8 Å². The number of hydrogen-bond acceptors (Lipinski definition) is 3. The van der Waals surface area contributed by atoms with Crippen LogP contribution in [0, 0.1) is 5.92 Å². The van der Waals surface area contributed by atoms with Gasteiger partial charge in [-0.3, -0.25) is 14.6 Å². The van der Waals surface area contributed by atoms with Gasteiger partial charge >= 0.3 is 0 Å². The van der Waals surface area contributed by atoms with Crippen molar-refractivity contribution in [3.05, 3.63) is 105 Å². The van der Waals surface area contributed by atoms with Crippen molar-refractivity contribution in [2.24, 2.45) is 5.92 Å². The first kappa shape index (κ1) is 24.2. The molecule has 1 unspecified atom stereocenters. The standard InChI is InChI=1S/C30H34BrN3O/c31-29-9-3-5-25(17-29)20-33-15-4-8-28(22-33)30(35)32-18-23-10-12-24(13-11-23)19-34-16-14-26-6-1-2-7-27(26)21-34/h1-3,5-7,9-13,17,28H,4,8,14-16,18-22H2,(H,32,35). The van der Waals surface area contributed by atoms with Crippen LogP contribution in [0.1, 0.15) is 40.7 Å². The molecule has 1 amide bonds. The van der Waals surface area contributed by atoms with Crippen molar-refractivity contribution in [3.63, 3.8) is 0 Å². The molecular formula is C30H34BrN3O. The Balaban J connectivity index is 1.08. The minimum atomic E-state index is 0.0668. The summed E-state index contributed by atoms with van der Waals surface area (Å²) in [7, 11) is 0. The highest BCUT2D eigenvalue weighted by Gasteiger charge is 2.25. The monoisotopic (exact) mass is 531 g/mol. The number of nitrogens with one attached hydrogen (secondary N) is 1. The van der Waals surface area contributed by atoms with E-state index < -0.39 is 0 Å². The third-order valence-corrected chi connectivity index (χ3v) is 7.77. The van der Waals surface area contributed by atoms with E-state index in [1.165, 1.54) is 22.3 Å². The number of piperidine rings is 1. The fourth-order valence-electron chi connectivity index (χ4n) is 5.35. The Kier molecular flexibility index (Phi) is 7.97. The van der Waals surface area contributed by atoms with Crippen LogP contribution < -0.4 is 5.32 Å². The van der Waals surface area contributed by atoms with E-state index in [4.69, 9.17) is 0 Å². The largest absolute Gasteiger partial charge is 0.352 e. The highest BCUT2D eigenvalue weighted by atomic mass is 79.9. The Bertz CT molecular complexity index is 1150. The van der Waals surface area contributed by atoms with E-state index in [0.717, 1.165) is 68.6 Å². The molecule has 1 saturated heterocycles. The minimum absolute atomic E-state index is 0.0668. The second kappa shape index (κ2) is 11.5. The maximum Gasteiger partial charge on any atom is 0.224 e. The van der Waals surface area contributed by atoms with Gasteiger partial charge in [-0.1, -0.05) is 76.6 Å². The van der Waals surface area contributed by atoms with Gasteiger partial charge in [0.05, 0.1) is 5.92 Å². The van der Waals surface area contributed by atoms with Gasteiger partial charge in [-0.25, -0.2) is 0 Å². The summed E-state index contributed by atoms with van der Waals surface area (Å²) in [5, 5.41) is 3.19. The van der Waals surface area contributed by atoms with E-state index in [9.17, 15) is 4.79 Å². The van der Waals surface area contributed by atoms with E-state index in [1.54, 1.807) is 0 Å². The fraction of sp³-hybridized carbons (Fsp3) is 0.367. The molecule has 0 saturated carbocycles. The second-order valence-corrected chi connectivity index (χ2v) is 10.9. The molecule has 5 rings (SSSR count). The molecule has 1 atom stereocenters. The number of benzene rings is 3. The minimum Gasteiger partial charge on any atom is -0.352 e. The molecule has 0 aromatic heterocycles. The Morgan fingerprint density at radius 3 is 2.46 bits per heavy atom. The molecule has 3 aromatic carbocycles. The smallest absolute Gasteiger partial charge is 0.224 e. The van der Waals surface area contributed by atoms with Gasteiger partial charge in [0.15, 0.2) is 0 Å². The molecule has 0 radical (unpaired) electrons. The van der Waals surface area contributed by atoms with Crippen LogP contribution in [0.4, 0.5) is 0 Å². The molecule has 35 heavy (non-hydrogen) atoms. The number of amides is 1. The van der Waals surface area contributed by atoms with Crippen LogP contribution in [0.25, 0.3) is 0 Å². The Morgan fingerprint density at radius 1 is 0.857 bits per heavy atom. The lowest BCUT2D eigenvalue weighted by molar-refractivity contribution is -0.126. The lowest BCUT2D eigenvalue weighted by Crippen LogP contribution is -2.42. The first-order chi connectivity index (χ1) is 17.1. The van der Waals surface area contributed by atoms with Crippen molar-refractivity contribution in [3.8, 4) is 0 Å². The topological polar surface area (TPSA) is 35.6 Å². The van der Waals surface area contributed by atoms with Crippen LogP contribution in [0.5, 0.6) is 0 Å². The van der Waals surface area contributed by atoms with Gasteiger partial charge in [0.2, 0.25) is 5.91 Å². The highest BCUT2D eigenvalue weighted by molar-refractivity contribution is 9.10. The average molecular weight is 533 g/mol. The van der Waals surface area contributed by atoms with E-state index >= 15 is 0 Å².